The van der Waals surface area contributed by atoms with Crippen LogP contribution in [0.1, 0.15) is 0 Å². The number of methoxy groups -OCH3 is 1. The lowest BCUT2D eigenvalue weighted by atomic mass is 10.2. The van der Waals surface area contributed by atoms with Crippen LogP contribution in [0.2, 0.25) is 5.02 Å². The average molecular weight is 407 g/mol. The third-order valence-electron chi connectivity index (χ3n) is 4.05. The molecule has 0 radical (unpaired) electrons. The first kappa shape index (κ1) is 17.6. The topological polar surface area (TPSA) is 95.3 Å². The molecular weight excluding hydrogens is 392 g/mol. The first-order valence-electron chi connectivity index (χ1n) is 7.99. The molecule has 0 amide bonds. The van der Waals surface area contributed by atoms with Crippen molar-refractivity contribution < 1.29 is 17.9 Å². The summed E-state index contributed by atoms with van der Waals surface area (Å²) in [6.45, 7) is 1.01. The molecule has 4 rings (SSSR count). The molecule has 1 aliphatic heterocycles. The van der Waals surface area contributed by atoms with Crippen molar-refractivity contribution in [2.24, 2.45) is 0 Å². The number of hydrogen-bond donors (Lipinski definition) is 1. The van der Waals surface area contributed by atoms with E-state index in [1.165, 1.54) is 25.4 Å². The Balaban J connectivity index is 1.74. The van der Waals surface area contributed by atoms with E-state index in [1.54, 1.807) is 23.0 Å². The summed E-state index contributed by atoms with van der Waals surface area (Å²) in [7, 11) is -2.55. The second-order valence-corrected chi connectivity index (χ2v) is 7.85. The molecule has 0 spiro atoms. The zero-order valence-electron chi connectivity index (χ0n) is 14.2. The maximum atomic E-state index is 12.8. The van der Waals surface area contributed by atoms with Gasteiger partial charge in [-0.15, -0.1) is 0 Å². The maximum absolute atomic E-state index is 12.8. The van der Waals surface area contributed by atoms with Gasteiger partial charge in [-0.25, -0.2) is 13.4 Å². The molecule has 2 aromatic heterocycles. The minimum atomic E-state index is -3.94. The molecule has 0 bridgehead atoms. The van der Waals surface area contributed by atoms with E-state index >= 15 is 0 Å². The van der Waals surface area contributed by atoms with Crippen molar-refractivity contribution in [2.45, 2.75) is 11.4 Å². The van der Waals surface area contributed by atoms with Crippen molar-refractivity contribution in [3.05, 3.63) is 47.7 Å². The van der Waals surface area contributed by atoms with E-state index in [1.807, 2.05) is 6.07 Å². The fourth-order valence-corrected chi connectivity index (χ4v) is 4.31. The number of hydrogen-bond acceptors (Lipinski definition) is 6. The maximum Gasteiger partial charge on any atom is 0.265 e. The van der Waals surface area contributed by atoms with Crippen LogP contribution in [0.4, 0.5) is 5.69 Å². The Morgan fingerprint density at radius 3 is 2.96 bits per heavy atom. The summed E-state index contributed by atoms with van der Waals surface area (Å²) in [6.07, 6.45) is 3.08. The number of pyridine rings is 1. The molecule has 1 N–H and O–H groups in total. The molecule has 0 unspecified atom stereocenters. The van der Waals surface area contributed by atoms with Gasteiger partial charge in [-0.1, -0.05) is 11.6 Å². The number of aromatic nitrogens is 3. The van der Waals surface area contributed by atoms with Gasteiger partial charge in [-0.3, -0.25) is 9.40 Å². The van der Waals surface area contributed by atoms with Crippen molar-refractivity contribution in [1.82, 2.24) is 14.8 Å². The highest BCUT2D eigenvalue weighted by molar-refractivity contribution is 7.92. The predicted octanol–water partition coefficient (Wildman–Crippen LogP) is 2.80. The van der Waals surface area contributed by atoms with E-state index in [0.717, 1.165) is 5.69 Å². The molecule has 140 valence electrons. The Labute approximate surface area is 160 Å². The number of halogens is 1. The second kappa shape index (κ2) is 6.75. The highest BCUT2D eigenvalue weighted by atomic mass is 35.5. The van der Waals surface area contributed by atoms with Crippen molar-refractivity contribution in [1.29, 1.82) is 0 Å². The summed E-state index contributed by atoms with van der Waals surface area (Å²) in [5.41, 5.74) is 1.74. The summed E-state index contributed by atoms with van der Waals surface area (Å²) in [4.78, 5) is 4.19. The second-order valence-electron chi connectivity index (χ2n) is 5.77. The zero-order valence-corrected chi connectivity index (χ0v) is 15.8. The summed E-state index contributed by atoms with van der Waals surface area (Å²) in [5.74, 6) is 0.619. The normalized spacial score (nSPS) is 13.1. The van der Waals surface area contributed by atoms with Gasteiger partial charge in [0.2, 0.25) is 5.88 Å². The van der Waals surface area contributed by atoms with Crippen LogP contribution in [-0.4, -0.2) is 36.9 Å². The van der Waals surface area contributed by atoms with Gasteiger partial charge >= 0.3 is 0 Å². The molecule has 8 nitrogen and oxygen atoms in total. The Hall–Kier alpha value is -2.78. The SMILES string of the molecule is COc1ccc(Cl)cc1S(=O)(=O)Nc1cnc2c(c1)-c1ccnn1CCO2. The lowest BCUT2D eigenvalue weighted by molar-refractivity contribution is 0.290. The summed E-state index contributed by atoms with van der Waals surface area (Å²) in [6, 6.07) is 7.88. The van der Waals surface area contributed by atoms with Gasteiger partial charge in [0.05, 0.1) is 36.8 Å². The Bertz CT molecular complexity index is 1110. The number of nitrogens with zero attached hydrogens (tertiary/aromatic N) is 3. The Kier molecular flexibility index (Phi) is 4.40. The molecular formula is C17H15ClN4O4S. The van der Waals surface area contributed by atoms with Gasteiger partial charge in [0.1, 0.15) is 17.3 Å². The Morgan fingerprint density at radius 2 is 2.15 bits per heavy atom. The van der Waals surface area contributed by atoms with Crippen molar-refractivity contribution in [3.63, 3.8) is 0 Å². The Morgan fingerprint density at radius 1 is 1.30 bits per heavy atom. The number of anilines is 1. The fraction of sp³-hybridized carbons (Fsp3) is 0.176. The van der Waals surface area contributed by atoms with Crippen LogP contribution >= 0.6 is 11.6 Å². The van der Waals surface area contributed by atoms with Crippen molar-refractivity contribution in [3.8, 4) is 22.9 Å². The third kappa shape index (κ3) is 3.31. The smallest absolute Gasteiger partial charge is 0.265 e. The van der Waals surface area contributed by atoms with Crippen LogP contribution in [0.3, 0.4) is 0 Å². The number of benzene rings is 1. The summed E-state index contributed by atoms with van der Waals surface area (Å²) >= 11 is 5.95. The molecule has 10 heteroatoms. The molecule has 0 fully saturated rings. The highest BCUT2D eigenvalue weighted by Crippen LogP contribution is 2.34. The van der Waals surface area contributed by atoms with Crippen molar-refractivity contribution in [2.75, 3.05) is 18.4 Å². The quantitative estimate of drug-likeness (QED) is 0.715. The number of ether oxygens (including phenoxy) is 2. The van der Waals surface area contributed by atoms with E-state index in [9.17, 15) is 8.42 Å². The predicted molar refractivity (Wildman–Crippen MR) is 99.8 cm³/mol. The summed E-state index contributed by atoms with van der Waals surface area (Å²) in [5, 5.41) is 4.52. The van der Waals surface area contributed by atoms with Gasteiger partial charge in [-0.2, -0.15) is 5.10 Å². The number of fused-ring (bicyclic) bond motifs is 3. The molecule has 1 aromatic carbocycles. The van der Waals surface area contributed by atoms with Crippen LogP contribution in [0, 0.1) is 0 Å². The van der Waals surface area contributed by atoms with Crippen LogP contribution in [0.25, 0.3) is 11.3 Å². The molecule has 3 aromatic rings. The first-order chi connectivity index (χ1) is 13.0. The van der Waals surface area contributed by atoms with Gasteiger partial charge in [0.25, 0.3) is 10.0 Å². The standard InChI is InChI=1S/C17H15ClN4O4S/c1-25-15-3-2-11(18)8-16(15)27(23,24)21-12-9-13-14-4-5-20-22(14)6-7-26-17(13)19-10-12/h2-5,8-10,21H,6-7H2,1H3. The van der Waals surface area contributed by atoms with Gasteiger partial charge in [-0.05, 0) is 30.3 Å². The van der Waals surface area contributed by atoms with E-state index < -0.39 is 10.0 Å². The van der Waals surface area contributed by atoms with E-state index in [2.05, 4.69) is 14.8 Å². The molecule has 3 heterocycles. The van der Waals surface area contributed by atoms with E-state index in [-0.39, 0.29) is 21.4 Å². The minimum Gasteiger partial charge on any atom is -0.495 e. The number of rotatable bonds is 4. The molecule has 0 saturated carbocycles. The lowest BCUT2D eigenvalue weighted by Crippen LogP contribution is -2.14. The summed E-state index contributed by atoms with van der Waals surface area (Å²) < 4.78 is 40.7. The van der Waals surface area contributed by atoms with Crippen LogP contribution < -0.4 is 14.2 Å². The van der Waals surface area contributed by atoms with E-state index in [4.69, 9.17) is 21.1 Å². The third-order valence-corrected chi connectivity index (χ3v) is 5.69. The van der Waals surface area contributed by atoms with Crippen LogP contribution in [-0.2, 0) is 16.6 Å². The molecule has 1 aliphatic rings. The molecule has 0 aliphatic carbocycles. The van der Waals surface area contributed by atoms with Gasteiger partial charge in [0, 0.05) is 11.2 Å². The lowest BCUT2D eigenvalue weighted by Gasteiger charge is -2.13. The number of nitrogens with one attached hydrogen (secondary N) is 1. The monoisotopic (exact) mass is 406 g/mol. The van der Waals surface area contributed by atoms with E-state index in [0.29, 0.717) is 24.6 Å². The largest absolute Gasteiger partial charge is 0.495 e. The molecule has 0 atom stereocenters. The number of sulfonamides is 1. The average Bonchev–Trinajstić information content (AvgIpc) is 3.04. The molecule has 0 saturated heterocycles. The minimum absolute atomic E-state index is 0.0614. The molecule has 27 heavy (non-hydrogen) atoms. The van der Waals surface area contributed by atoms with Gasteiger partial charge < -0.3 is 9.47 Å². The van der Waals surface area contributed by atoms with Crippen molar-refractivity contribution >= 4 is 27.3 Å². The van der Waals surface area contributed by atoms with Crippen LogP contribution in [0.15, 0.2) is 47.6 Å². The fourth-order valence-electron chi connectivity index (χ4n) is 2.85. The zero-order chi connectivity index (χ0) is 19.0. The first-order valence-corrected chi connectivity index (χ1v) is 9.85. The van der Waals surface area contributed by atoms with Gasteiger partial charge in [0.15, 0.2) is 0 Å². The highest BCUT2D eigenvalue weighted by Gasteiger charge is 2.23. The van der Waals surface area contributed by atoms with Crippen LogP contribution in [0.5, 0.6) is 11.6 Å².